The van der Waals surface area contributed by atoms with Gasteiger partial charge in [-0.05, 0) is 24.6 Å². The lowest BCUT2D eigenvalue weighted by Gasteiger charge is -2.17. The zero-order valence-corrected chi connectivity index (χ0v) is 15.8. The van der Waals surface area contributed by atoms with Crippen LogP contribution in [0.25, 0.3) is 0 Å². The van der Waals surface area contributed by atoms with Crippen molar-refractivity contribution in [1.29, 1.82) is 0 Å². The molecule has 0 aliphatic carbocycles. The Kier molecular flexibility index (Phi) is 8.85. The molecule has 0 aromatic carbocycles. The van der Waals surface area contributed by atoms with Crippen molar-refractivity contribution >= 4 is 28.0 Å². The van der Waals surface area contributed by atoms with Gasteiger partial charge in [0.15, 0.2) is 0 Å². The molecule has 1 aliphatic rings. The molecule has 2 N–H and O–H groups in total. The van der Waals surface area contributed by atoms with E-state index >= 15 is 0 Å². The molecule has 0 spiro atoms. The molecule has 3 amide bonds. The van der Waals surface area contributed by atoms with Gasteiger partial charge in [0.1, 0.15) is 0 Å². The summed E-state index contributed by atoms with van der Waals surface area (Å²) >= 11 is 0. The number of allylic oxidation sites excluding steroid dienone is 2. The third-order valence-corrected chi connectivity index (χ3v) is 4.20. The molecular weight excluding hydrogens is 378 g/mol. The fourth-order valence-electron chi connectivity index (χ4n) is 2.01. The van der Waals surface area contributed by atoms with Crippen LogP contribution in [0.3, 0.4) is 0 Å². The average Bonchev–Trinajstić information content (AvgIpc) is 2.89. The van der Waals surface area contributed by atoms with E-state index in [4.69, 9.17) is 9.39 Å². The van der Waals surface area contributed by atoms with Gasteiger partial charge in [-0.15, -0.1) is 5.06 Å². The molecule has 0 aromatic rings. The second-order valence-electron chi connectivity index (χ2n) is 5.66. The molecule has 10 nitrogen and oxygen atoms in total. The first-order chi connectivity index (χ1) is 12.6. The maximum absolute atomic E-state index is 11.9. The SMILES string of the molecule is C=C/C=C(\C=C/N(C)C(=O)ON1C(=O)CCC1=O)CNCCCS(=O)(=O)O. The Balaban J connectivity index is 2.50. The first kappa shape index (κ1) is 22.5. The second-order valence-corrected chi connectivity index (χ2v) is 7.23. The summed E-state index contributed by atoms with van der Waals surface area (Å²) in [7, 11) is -2.58. The Bertz CT molecular complexity index is 727. The van der Waals surface area contributed by atoms with E-state index in [9.17, 15) is 22.8 Å². The first-order valence-electron chi connectivity index (χ1n) is 8.10. The molecule has 0 unspecified atom stereocenters. The standard InChI is InChI=1S/C16H23N3O7S/c1-3-5-13(12-17-9-4-11-27(23,24)25)8-10-18(2)16(22)26-19-14(20)6-7-15(19)21/h3,5,8,10,17H,1,4,6-7,9,11-12H2,2H3,(H,23,24,25)/b10-8-,13-5+. The summed E-state index contributed by atoms with van der Waals surface area (Å²) in [5, 5.41) is 3.45. The normalized spacial score (nSPS) is 15.5. The van der Waals surface area contributed by atoms with Crippen LogP contribution in [0.15, 0.2) is 36.6 Å². The Hall–Kier alpha value is -2.50. The molecule has 0 bridgehead atoms. The maximum atomic E-state index is 11.9. The predicted molar refractivity (Wildman–Crippen MR) is 96.7 cm³/mol. The van der Waals surface area contributed by atoms with Crippen LogP contribution in [-0.4, -0.2) is 66.7 Å². The summed E-state index contributed by atoms with van der Waals surface area (Å²) in [5.41, 5.74) is 0.727. The lowest BCUT2D eigenvalue weighted by atomic mass is 10.2. The number of amides is 3. The number of carbonyl (C=O) groups excluding carboxylic acids is 3. The van der Waals surface area contributed by atoms with Gasteiger partial charge < -0.3 is 10.2 Å². The van der Waals surface area contributed by atoms with Crippen molar-refractivity contribution < 1.29 is 32.2 Å². The van der Waals surface area contributed by atoms with Crippen LogP contribution in [0.2, 0.25) is 0 Å². The summed E-state index contributed by atoms with van der Waals surface area (Å²) in [6.07, 6.45) is 5.58. The van der Waals surface area contributed by atoms with Gasteiger partial charge in [-0.2, -0.15) is 8.42 Å². The number of hydroxylamine groups is 2. The fourth-order valence-corrected chi connectivity index (χ4v) is 2.51. The highest BCUT2D eigenvalue weighted by Crippen LogP contribution is 2.13. The maximum Gasteiger partial charge on any atom is 0.438 e. The van der Waals surface area contributed by atoms with Crippen LogP contribution in [0, 0.1) is 0 Å². The molecule has 11 heteroatoms. The number of nitrogens with one attached hydrogen (secondary N) is 1. The summed E-state index contributed by atoms with van der Waals surface area (Å²) in [5.74, 6) is -1.46. The van der Waals surface area contributed by atoms with Gasteiger partial charge in [0.05, 0.1) is 5.75 Å². The fraction of sp³-hybridized carbons (Fsp3) is 0.438. The van der Waals surface area contributed by atoms with Gasteiger partial charge in [0.25, 0.3) is 21.9 Å². The predicted octanol–water partition coefficient (Wildman–Crippen LogP) is 0.612. The van der Waals surface area contributed by atoms with Gasteiger partial charge in [-0.1, -0.05) is 18.7 Å². The number of nitrogens with zero attached hydrogens (tertiary/aromatic N) is 2. The van der Waals surface area contributed by atoms with Gasteiger partial charge in [-0.3, -0.25) is 19.0 Å². The Labute approximate surface area is 157 Å². The number of hydrogen-bond donors (Lipinski definition) is 2. The minimum atomic E-state index is -3.98. The second kappa shape index (κ2) is 10.6. The molecule has 150 valence electrons. The lowest BCUT2D eigenvalue weighted by Crippen LogP contribution is -2.36. The molecule has 0 saturated carbocycles. The van der Waals surface area contributed by atoms with E-state index in [0.29, 0.717) is 18.2 Å². The molecule has 0 radical (unpaired) electrons. The first-order valence-corrected chi connectivity index (χ1v) is 9.71. The van der Waals surface area contributed by atoms with Crippen LogP contribution in [0.1, 0.15) is 19.3 Å². The van der Waals surface area contributed by atoms with Gasteiger partial charge in [0, 0.05) is 32.6 Å². The van der Waals surface area contributed by atoms with E-state index in [1.165, 1.54) is 13.2 Å². The molecule has 1 aliphatic heterocycles. The van der Waals surface area contributed by atoms with Crippen molar-refractivity contribution in [1.82, 2.24) is 15.3 Å². The summed E-state index contributed by atoms with van der Waals surface area (Å²) in [4.78, 5) is 40.6. The molecule has 1 rings (SSSR count). The van der Waals surface area contributed by atoms with E-state index in [1.54, 1.807) is 18.2 Å². The monoisotopic (exact) mass is 401 g/mol. The lowest BCUT2D eigenvalue weighted by molar-refractivity contribution is -0.172. The number of imide groups is 1. The van der Waals surface area contributed by atoms with Crippen molar-refractivity contribution in [2.24, 2.45) is 0 Å². The third kappa shape index (κ3) is 8.62. The zero-order valence-electron chi connectivity index (χ0n) is 15.0. The number of carbonyl (C=O) groups is 3. The van der Waals surface area contributed by atoms with E-state index in [2.05, 4.69) is 11.9 Å². The summed E-state index contributed by atoms with van der Waals surface area (Å²) < 4.78 is 29.9. The van der Waals surface area contributed by atoms with Gasteiger partial charge in [0.2, 0.25) is 0 Å². The van der Waals surface area contributed by atoms with E-state index in [1.807, 2.05) is 0 Å². The smallest absolute Gasteiger partial charge is 0.313 e. The largest absolute Gasteiger partial charge is 0.438 e. The average molecular weight is 401 g/mol. The van der Waals surface area contributed by atoms with Gasteiger partial charge >= 0.3 is 6.09 Å². The third-order valence-electron chi connectivity index (χ3n) is 3.39. The summed E-state index contributed by atoms with van der Waals surface area (Å²) in [6.45, 7) is 4.31. The van der Waals surface area contributed by atoms with Crippen molar-refractivity contribution in [2.45, 2.75) is 19.3 Å². The van der Waals surface area contributed by atoms with Gasteiger partial charge in [-0.25, -0.2) is 4.79 Å². The molecule has 1 heterocycles. The Morgan fingerprint density at radius 2 is 2.00 bits per heavy atom. The minimum Gasteiger partial charge on any atom is -0.313 e. The van der Waals surface area contributed by atoms with Crippen LogP contribution < -0.4 is 5.32 Å². The van der Waals surface area contributed by atoms with E-state index < -0.39 is 28.0 Å². The highest BCUT2D eigenvalue weighted by Gasteiger charge is 2.33. The topological polar surface area (TPSA) is 133 Å². The van der Waals surface area contributed by atoms with Crippen molar-refractivity contribution in [3.63, 3.8) is 0 Å². The van der Waals surface area contributed by atoms with Crippen LogP contribution in [0.5, 0.6) is 0 Å². The number of rotatable bonds is 10. The van der Waals surface area contributed by atoms with Crippen molar-refractivity contribution in [3.8, 4) is 0 Å². The molecule has 0 atom stereocenters. The summed E-state index contributed by atoms with van der Waals surface area (Å²) in [6, 6.07) is 0. The zero-order chi connectivity index (χ0) is 20.4. The van der Waals surface area contributed by atoms with E-state index in [0.717, 1.165) is 10.5 Å². The molecule has 27 heavy (non-hydrogen) atoms. The van der Waals surface area contributed by atoms with Crippen molar-refractivity contribution in [2.75, 3.05) is 25.9 Å². The molecule has 1 fully saturated rings. The molecule has 0 aromatic heterocycles. The highest BCUT2D eigenvalue weighted by molar-refractivity contribution is 7.85. The molecular formula is C16H23N3O7S. The van der Waals surface area contributed by atoms with Crippen LogP contribution >= 0.6 is 0 Å². The van der Waals surface area contributed by atoms with Crippen LogP contribution in [-0.2, 0) is 24.5 Å². The highest BCUT2D eigenvalue weighted by atomic mass is 32.2. The molecule has 1 saturated heterocycles. The number of hydrogen-bond acceptors (Lipinski definition) is 7. The Morgan fingerprint density at radius 1 is 1.37 bits per heavy atom. The van der Waals surface area contributed by atoms with Crippen molar-refractivity contribution in [3.05, 3.63) is 36.6 Å². The quantitative estimate of drug-likeness (QED) is 0.235. The van der Waals surface area contributed by atoms with Crippen LogP contribution in [0.4, 0.5) is 4.79 Å². The van der Waals surface area contributed by atoms with E-state index in [-0.39, 0.29) is 25.0 Å². The minimum absolute atomic E-state index is 0.0150. The Morgan fingerprint density at radius 3 is 2.56 bits per heavy atom.